The standard InChI is InChI=1S/C24H26BrN3O5/c1-12-8-13(2)18(16(29)9-12)20-19-21(27-26-20)24(31)28(6-5-7-32-3)22(19)14-10-15(25)23(30)17(11-14)33-4/h8-11,22,29-30H,5-7H2,1-4H3,(H,26,27). The lowest BCUT2D eigenvalue weighted by molar-refractivity contribution is 0.0723. The molecule has 4 rings (SSSR count). The van der Waals surface area contributed by atoms with E-state index >= 15 is 0 Å². The smallest absolute Gasteiger partial charge is 0.273 e. The van der Waals surface area contributed by atoms with Crippen LogP contribution in [0.4, 0.5) is 0 Å². The van der Waals surface area contributed by atoms with Crippen LogP contribution in [-0.2, 0) is 4.74 Å². The number of phenols is 2. The van der Waals surface area contributed by atoms with Gasteiger partial charge in [0.05, 0.1) is 17.6 Å². The maximum atomic E-state index is 13.4. The van der Waals surface area contributed by atoms with E-state index in [0.717, 1.165) is 16.7 Å². The van der Waals surface area contributed by atoms with Crippen LogP contribution in [0, 0.1) is 13.8 Å². The predicted octanol–water partition coefficient (Wildman–Crippen LogP) is 4.46. The summed E-state index contributed by atoms with van der Waals surface area (Å²) >= 11 is 3.39. The summed E-state index contributed by atoms with van der Waals surface area (Å²) in [7, 11) is 3.10. The molecular weight excluding hydrogens is 490 g/mol. The number of aromatic nitrogens is 2. The number of nitrogens with zero attached hydrogens (tertiary/aromatic N) is 2. The van der Waals surface area contributed by atoms with Crippen LogP contribution in [0.1, 0.15) is 45.2 Å². The van der Waals surface area contributed by atoms with Gasteiger partial charge < -0.3 is 24.6 Å². The molecule has 0 spiro atoms. The number of halogens is 1. The van der Waals surface area contributed by atoms with Crippen molar-refractivity contribution in [2.75, 3.05) is 27.4 Å². The molecule has 1 aliphatic heterocycles. The largest absolute Gasteiger partial charge is 0.507 e. The van der Waals surface area contributed by atoms with Gasteiger partial charge in [0.15, 0.2) is 11.5 Å². The molecule has 1 aromatic heterocycles. The zero-order valence-electron chi connectivity index (χ0n) is 18.9. The van der Waals surface area contributed by atoms with Gasteiger partial charge in [-0.3, -0.25) is 9.89 Å². The molecule has 1 aliphatic rings. The molecule has 0 saturated carbocycles. The van der Waals surface area contributed by atoms with Gasteiger partial charge >= 0.3 is 0 Å². The van der Waals surface area contributed by atoms with E-state index in [9.17, 15) is 15.0 Å². The molecule has 1 unspecified atom stereocenters. The summed E-state index contributed by atoms with van der Waals surface area (Å²) < 4.78 is 11.0. The zero-order valence-corrected chi connectivity index (χ0v) is 20.5. The molecular formula is C24H26BrN3O5. The molecule has 0 radical (unpaired) electrons. The van der Waals surface area contributed by atoms with Crippen molar-refractivity contribution in [1.82, 2.24) is 15.1 Å². The van der Waals surface area contributed by atoms with E-state index in [1.54, 1.807) is 30.2 Å². The molecule has 3 N–H and O–H groups in total. The summed E-state index contributed by atoms with van der Waals surface area (Å²) in [5.74, 6) is 0.195. The molecule has 0 saturated heterocycles. The van der Waals surface area contributed by atoms with Crippen LogP contribution in [0.15, 0.2) is 28.7 Å². The SMILES string of the molecule is COCCCN1C(=O)c2[nH]nc(-c3c(C)cc(C)cc3O)c2C1c1cc(Br)c(O)c(OC)c1. The fraction of sp³-hybridized carbons (Fsp3) is 0.333. The van der Waals surface area contributed by atoms with Gasteiger partial charge in [-0.15, -0.1) is 0 Å². The lowest BCUT2D eigenvalue weighted by atomic mass is 9.93. The number of benzene rings is 2. The van der Waals surface area contributed by atoms with Crippen molar-refractivity contribution < 1.29 is 24.5 Å². The summed E-state index contributed by atoms with van der Waals surface area (Å²) in [5, 5.41) is 28.4. The highest BCUT2D eigenvalue weighted by Crippen LogP contribution is 2.48. The summed E-state index contributed by atoms with van der Waals surface area (Å²) in [5.41, 5.74) is 4.70. The number of ether oxygens (including phenoxy) is 2. The molecule has 2 heterocycles. The van der Waals surface area contributed by atoms with Gasteiger partial charge in [0.1, 0.15) is 17.1 Å². The number of carbonyl (C=O) groups is 1. The Morgan fingerprint density at radius 2 is 1.94 bits per heavy atom. The Hall–Kier alpha value is -3.04. The molecule has 1 atom stereocenters. The predicted molar refractivity (Wildman–Crippen MR) is 127 cm³/mol. The van der Waals surface area contributed by atoms with Crippen molar-refractivity contribution in [2.24, 2.45) is 0 Å². The van der Waals surface area contributed by atoms with E-state index in [0.29, 0.717) is 46.6 Å². The lowest BCUT2D eigenvalue weighted by Gasteiger charge is -2.27. The Morgan fingerprint density at radius 3 is 2.61 bits per heavy atom. The summed E-state index contributed by atoms with van der Waals surface area (Å²) in [6, 6.07) is 6.65. The number of H-pyrrole nitrogens is 1. The van der Waals surface area contributed by atoms with Crippen LogP contribution in [-0.4, -0.2) is 58.6 Å². The molecule has 2 aromatic carbocycles. The Kier molecular flexibility index (Phi) is 6.36. The number of amides is 1. The van der Waals surface area contributed by atoms with Gasteiger partial charge in [-0.05, 0) is 71.1 Å². The minimum atomic E-state index is -0.496. The first kappa shape index (κ1) is 23.1. The normalized spacial score (nSPS) is 15.2. The molecule has 33 heavy (non-hydrogen) atoms. The van der Waals surface area contributed by atoms with Gasteiger partial charge in [0.2, 0.25) is 0 Å². The lowest BCUT2D eigenvalue weighted by Crippen LogP contribution is -2.31. The third kappa shape index (κ3) is 3.95. The van der Waals surface area contributed by atoms with Crippen LogP contribution < -0.4 is 4.74 Å². The number of methoxy groups -OCH3 is 2. The number of nitrogens with one attached hydrogen (secondary N) is 1. The number of phenolic OH excluding ortho intramolecular Hbond substituents is 2. The minimum Gasteiger partial charge on any atom is -0.507 e. The van der Waals surface area contributed by atoms with E-state index in [1.165, 1.54) is 7.11 Å². The zero-order chi connectivity index (χ0) is 23.9. The van der Waals surface area contributed by atoms with E-state index in [-0.39, 0.29) is 23.2 Å². The number of aromatic amines is 1. The molecule has 0 fully saturated rings. The summed E-state index contributed by atoms with van der Waals surface area (Å²) in [4.78, 5) is 15.2. The summed E-state index contributed by atoms with van der Waals surface area (Å²) in [6.07, 6.45) is 0.650. The van der Waals surface area contributed by atoms with Crippen LogP contribution in [0.25, 0.3) is 11.3 Å². The first-order valence-electron chi connectivity index (χ1n) is 10.5. The fourth-order valence-corrected chi connectivity index (χ4v) is 4.96. The number of rotatable bonds is 7. The number of hydrogen-bond acceptors (Lipinski definition) is 6. The Bertz CT molecular complexity index is 1200. The van der Waals surface area contributed by atoms with Crippen molar-refractivity contribution in [1.29, 1.82) is 0 Å². The third-order valence-corrected chi connectivity index (χ3v) is 6.50. The maximum Gasteiger partial charge on any atom is 0.273 e. The first-order chi connectivity index (χ1) is 15.8. The maximum absolute atomic E-state index is 13.4. The second kappa shape index (κ2) is 9.07. The highest BCUT2D eigenvalue weighted by atomic mass is 79.9. The molecule has 9 heteroatoms. The third-order valence-electron chi connectivity index (χ3n) is 5.89. The van der Waals surface area contributed by atoms with Crippen molar-refractivity contribution >= 4 is 21.8 Å². The van der Waals surface area contributed by atoms with Crippen molar-refractivity contribution in [3.63, 3.8) is 0 Å². The van der Waals surface area contributed by atoms with E-state index < -0.39 is 6.04 Å². The fourth-order valence-electron chi connectivity index (χ4n) is 4.50. The quantitative estimate of drug-likeness (QED) is 0.401. The van der Waals surface area contributed by atoms with Crippen molar-refractivity contribution in [2.45, 2.75) is 26.3 Å². The van der Waals surface area contributed by atoms with E-state index in [2.05, 4.69) is 26.1 Å². The van der Waals surface area contributed by atoms with Crippen molar-refractivity contribution in [3.05, 3.63) is 56.7 Å². The highest BCUT2D eigenvalue weighted by molar-refractivity contribution is 9.10. The van der Waals surface area contributed by atoms with Gasteiger partial charge in [0.25, 0.3) is 5.91 Å². The average molecular weight is 516 g/mol. The van der Waals surface area contributed by atoms with E-state index in [4.69, 9.17) is 9.47 Å². The highest BCUT2D eigenvalue weighted by Gasteiger charge is 2.43. The molecule has 3 aromatic rings. The van der Waals surface area contributed by atoms with Crippen molar-refractivity contribution in [3.8, 4) is 28.5 Å². The van der Waals surface area contributed by atoms with Crippen LogP contribution in [0.3, 0.4) is 0 Å². The Labute approximate surface area is 200 Å². The first-order valence-corrected chi connectivity index (χ1v) is 11.3. The average Bonchev–Trinajstić information content (AvgIpc) is 3.29. The number of fused-ring (bicyclic) bond motifs is 1. The molecule has 174 valence electrons. The topological polar surface area (TPSA) is 108 Å². The number of hydrogen-bond donors (Lipinski definition) is 3. The van der Waals surface area contributed by atoms with Gasteiger partial charge in [0, 0.05) is 31.4 Å². The van der Waals surface area contributed by atoms with E-state index in [1.807, 2.05) is 19.9 Å². The molecule has 0 bridgehead atoms. The number of carbonyl (C=O) groups excluding carboxylic acids is 1. The van der Waals surface area contributed by atoms with Gasteiger partial charge in [-0.2, -0.15) is 5.10 Å². The number of aromatic hydroxyl groups is 2. The van der Waals surface area contributed by atoms with Crippen LogP contribution >= 0.6 is 15.9 Å². The van der Waals surface area contributed by atoms with Gasteiger partial charge in [-0.1, -0.05) is 6.07 Å². The minimum absolute atomic E-state index is 0.0174. The van der Waals surface area contributed by atoms with Gasteiger partial charge in [-0.25, -0.2) is 0 Å². The second-order valence-corrected chi connectivity index (χ2v) is 8.99. The Balaban J connectivity index is 1.93. The van der Waals surface area contributed by atoms with Crippen LogP contribution in [0.2, 0.25) is 0 Å². The second-order valence-electron chi connectivity index (χ2n) is 8.14. The van der Waals surface area contributed by atoms with Crippen LogP contribution in [0.5, 0.6) is 17.2 Å². The monoisotopic (exact) mass is 515 g/mol. The summed E-state index contributed by atoms with van der Waals surface area (Å²) in [6.45, 7) is 4.79. The molecule has 1 amide bonds. The molecule has 0 aliphatic carbocycles. The Morgan fingerprint density at radius 1 is 1.18 bits per heavy atom. The molecule has 8 nitrogen and oxygen atoms in total. The number of aryl methyl sites for hydroxylation is 2.